The second-order valence-corrected chi connectivity index (χ2v) is 5.30. The number of nitrogens with two attached hydrogens (primary N) is 1. The molecule has 1 aromatic carbocycles. The van der Waals surface area contributed by atoms with Crippen molar-refractivity contribution in [3.63, 3.8) is 0 Å². The van der Waals surface area contributed by atoms with Crippen molar-refractivity contribution in [3.8, 4) is 0 Å². The third-order valence-corrected chi connectivity index (χ3v) is 3.41. The first kappa shape index (κ1) is 13.5. The van der Waals surface area contributed by atoms with Gasteiger partial charge >= 0.3 is 6.03 Å². The van der Waals surface area contributed by atoms with Gasteiger partial charge in [-0.15, -0.1) is 0 Å². The van der Waals surface area contributed by atoms with Crippen LogP contribution < -0.4 is 16.4 Å². The van der Waals surface area contributed by atoms with Crippen molar-refractivity contribution in [3.05, 3.63) is 24.3 Å². The molecule has 0 aliphatic heterocycles. The molecule has 0 saturated heterocycles. The van der Waals surface area contributed by atoms with Crippen molar-refractivity contribution < 1.29 is 9.00 Å². The van der Waals surface area contributed by atoms with E-state index in [0.717, 1.165) is 0 Å². The van der Waals surface area contributed by atoms with Gasteiger partial charge in [-0.25, -0.2) is 4.79 Å². The second kappa shape index (κ2) is 6.90. The molecular formula is C11H17N3O2S. The predicted molar refractivity (Wildman–Crippen MR) is 71.4 cm³/mol. The van der Waals surface area contributed by atoms with Crippen LogP contribution in [0.3, 0.4) is 0 Å². The number of hydrogen-bond donors (Lipinski definition) is 3. The first-order valence-corrected chi connectivity index (χ1v) is 6.86. The zero-order valence-corrected chi connectivity index (χ0v) is 10.5. The summed E-state index contributed by atoms with van der Waals surface area (Å²) in [7, 11) is -0.852. The van der Waals surface area contributed by atoms with E-state index in [2.05, 4.69) is 10.6 Å². The van der Waals surface area contributed by atoms with Gasteiger partial charge in [0.1, 0.15) is 0 Å². The van der Waals surface area contributed by atoms with Crippen LogP contribution in [0.25, 0.3) is 0 Å². The highest BCUT2D eigenvalue weighted by molar-refractivity contribution is 7.84. The summed E-state index contributed by atoms with van der Waals surface area (Å²) in [5.41, 5.74) is 6.85. The van der Waals surface area contributed by atoms with Crippen LogP contribution in [-0.4, -0.2) is 28.3 Å². The van der Waals surface area contributed by atoms with E-state index >= 15 is 0 Å². The maximum absolute atomic E-state index is 11.4. The summed E-state index contributed by atoms with van der Waals surface area (Å²) in [5, 5.41) is 5.29. The number of carbonyl (C=O) groups excluding carboxylic acids is 1. The molecule has 0 bridgehead atoms. The van der Waals surface area contributed by atoms with Crippen LogP contribution in [0.5, 0.6) is 0 Å². The van der Waals surface area contributed by atoms with Gasteiger partial charge in [0, 0.05) is 40.2 Å². The van der Waals surface area contributed by atoms with E-state index in [4.69, 9.17) is 5.73 Å². The molecule has 94 valence electrons. The van der Waals surface area contributed by atoms with Crippen LogP contribution >= 0.6 is 0 Å². The quantitative estimate of drug-likeness (QED) is 0.690. The number of carbonyl (C=O) groups is 1. The third kappa shape index (κ3) is 5.35. The lowest BCUT2D eigenvalue weighted by atomic mass is 10.3. The molecule has 6 heteroatoms. The van der Waals surface area contributed by atoms with Gasteiger partial charge in [-0.2, -0.15) is 0 Å². The van der Waals surface area contributed by atoms with Gasteiger partial charge in [0.05, 0.1) is 0 Å². The Morgan fingerprint density at radius 1 is 1.35 bits per heavy atom. The topological polar surface area (TPSA) is 84.2 Å². The van der Waals surface area contributed by atoms with Crippen molar-refractivity contribution >= 4 is 28.2 Å². The molecule has 1 aromatic rings. The lowest BCUT2D eigenvalue weighted by Gasteiger charge is -2.07. The highest BCUT2D eigenvalue weighted by Crippen LogP contribution is 2.09. The lowest BCUT2D eigenvalue weighted by Crippen LogP contribution is -2.32. The molecule has 5 nitrogen and oxygen atoms in total. The molecule has 0 saturated carbocycles. The Hall–Kier alpha value is -1.56. The summed E-state index contributed by atoms with van der Waals surface area (Å²) >= 11 is 0. The molecule has 0 aromatic heterocycles. The van der Waals surface area contributed by atoms with Crippen molar-refractivity contribution in [2.45, 2.75) is 6.92 Å². The number of amides is 2. The van der Waals surface area contributed by atoms with Crippen molar-refractivity contribution in [2.75, 3.05) is 29.1 Å². The van der Waals surface area contributed by atoms with E-state index in [0.29, 0.717) is 29.4 Å². The maximum Gasteiger partial charge on any atom is 0.319 e. The maximum atomic E-state index is 11.4. The molecule has 4 N–H and O–H groups in total. The number of nitrogens with one attached hydrogen (secondary N) is 2. The zero-order chi connectivity index (χ0) is 12.7. The Morgan fingerprint density at radius 2 is 2.00 bits per heavy atom. The monoisotopic (exact) mass is 255 g/mol. The van der Waals surface area contributed by atoms with Crippen molar-refractivity contribution in [1.29, 1.82) is 0 Å². The summed E-state index contributed by atoms with van der Waals surface area (Å²) in [5.74, 6) is 1.09. The van der Waals surface area contributed by atoms with Crippen LogP contribution in [-0.2, 0) is 10.8 Å². The SMILES string of the molecule is CCS(=O)CCNC(=O)Nc1ccc(N)cc1. The number of anilines is 2. The molecule has 0 aliphatic rings. The second-order valence-electron chi connectivity index (χ2n) is 3.44. The smallest absolute Gasteiger partial charge is 0.319 e. The molecule has 0 spiro atoms. The number of nitrogen functional groups attached to an aromatic ring is 1. The van der Waals surface area contributed by atoms with Crippen molar-refractivity contribution in [1.82, 2.24) is 5.32 Å². The number of urea groups is 1. The van der Waals surface area contributed by atoms with Gasteiger partial charge in [0.2, 0.25) is 0 Å². The van der Waals surface area contributed by atoms with E-state index in [1.807, 2.05) is 6.92 Å². The minimum Gasteiger partial charge on any atom is -0.399 e. The molecule has 0 radical (unpaired) electrons. The van der Waals surface area contributed by atoms with Gasteiger partial charge in [0.15, 0.2) is 0 Å². The first-order chi connectivity index (χ1) is 8.11. The molecule has 1 rings (SSSR count). The molecule has 2 amide bonds. The van der Waals surface area contributed by atoms with E-state index in [-0.39, 0.29) is 6.03 Å². The van der Waals surface area contributed by atoms with Crippen LogP contribution in [0, 0.1) is 0 Å². The number of rotatable bonds is 5. The molecule has 17 heavy (non-hydrogen) atoms. The summed E-state index contributed by atoms with van der Waals surface area (Å²) in [4.78, 5) is 11.4. The number of benzene rings is 1. The summed E-state index contributed by atoms with van der Waals surface area (Å²) < 4.78 is 11.1. The van der Waals surface area contributed by atoms with Gasteiger partial charge < -0.3 is 16.4 Å². The van der Waals surface area contributed by atoms with Gasteiger partial charge in [-0.3, -0.25) is 4.21 Å². The summed E-state index contributed by atoms with van der Waals surface area (Å²) in [6, 6.07) is 6.56. The minimum absolute atomic E-state index is 0.303. The molecular weight excluding hydrogens is 238 g/mol. The molecule has 0 fully saturated rings. The Morgan fingerprint density at radius 3 is 2.59 bits per heavy atom. The van der Waals surface area contributed by atoms with E-state index in [1.54, 1.807) is 24.3 Å². The predicted octanol–water partition coefficient (Wildman–Crippen LogP) is 1.16. The normalized spacial score (nSPS) is 11.8. The first-order valence-electron chi connectivity index (χ1n) is 5.37. The lowest BCUT2D eigenvalue weighted by molar-refractivity contribution is 0.252. The van der Waals surface area contributed by atoms with Crippen LogP contribution in [0.15, 0.2) is 24.3 Å². The largest absolute Gasteiger partial charge is 0.399 e. The Labute approximate surface area is 103 Å². The molecule has 0 heterocycles. The molecule has 0 aliphatic carbocycles. The molecule has 1 unspecified atom stereocenters. The zero-order valence-electron chi connectivity index (χ0n) is 9.73. The van der Waals surface area contributed by atoms with Gasteiger partial charge in [0.25, 0.3) is 0 Å². The average Bonchev–Trinajstić information content (AvgIpc) is 2.32. The summed E-state index contributed by atoms with van der Waals surface area (Å²) in [6.45, 7) is 2.26. The minimum atomic E-state index is -0.852. The fourth-order valence-electron chi connectivity index (χ4n) is 1.16. The van der Waals surface area contributed by atoms with Crippen LogP contribution in [0.1, 0.15) is 6.92 Å². The van der Waals surface area contributed by atoms with E-state index in [1.165, 1.54) is 0 Å². The van der Waals surface area contributed by atoms with E-state index in [9.17, 15) is 9.00 Å². The number of hydrogen-bond acceptors (Lipinski definition) is 3. The fraction of sp³-hybridized carbons (Fsp3) is 0.364. The average molecular weight is 255 g/mol. The Bertz CT molecular complexity index is 392. The Balaban J connectivity index is 2.30. The highest BCUT2D eigenvalue weighted by atomic mass is 32.2. The van der Waals surface area contributed by atoms with Gasteiger partial charge in [-0.1, -0.05) is 6.92 Å². The van der Waals surface area contributed by atoms with Gasteiger partial charge in [-0.05, 0) is 24.3 Å². The highest BCUT2D eigenvalue weighted by Gasteiger charge is 2.01. The Kier molecular flexibility index (Phi) is 5.48. The third-order valence-electron chi connectivity index (χ3n) is 2.11. The van der Waals surface area contributed by atoms with Crippen molar-refractivity contribution in [2.24, 2.45) is 0 Å². The molecule has 1 atom stereocenters. The van der Waals surface area contributed by atoms with E-state index < -0.39 is 10.8 Å². The standard InChI is InChI=1S/C11H17N3O2S/c1-2-17(16)8-7-13-11(15)14-10-5-3-9(12)4-6-10/h3-6H,2,7-8,12H2,1H3,(H2,13,14,15). The summed E-state index contributed by atoms with van der Waals surface area (Å²) in [6.07, 6.45) is 0. The van der Waals surface area contributed by atoms with Crippen LogP contribution in [0.2, 0.25) is 0 Å². The van der Waals surface area contributed by atoms with Crippen LogP contribution in [0.4, 0.5) is 16.2 Å². The fourth-order valence-corrected chi connectivity index (χ4v) is 1.78.